The molecule has 0 unspecified atom stereocenters. The highest BCUT2D eigenvalue weighted by Gasteiger charge is 2.17. The van der Waals surface area contributed by atoms with Crippen LogP contribution in [0.25, 0.3) is 21.5 Å². The number of rotatable bonds is 0. The molecular formula is C14H10S6. The van der Waals surface area contributed by atoms with Gasteiger partial charge in [-0.15, -0.1) is 75.8 Å². The van der Waals surface area contributed by atoms with Gasteiger partial charge < -0.3 is 0 Å². The van der Waals surface area contributed by atoms with Crippen molar-refractivity contribution in [2.45, 2.75) is 29.4 Å². The fourth-order valence-electron chi connectivity index (χ4n) is 2.37. The Morgan fingerprint density at radius 3 is 0.800 bits per heavy atom. The molecule has 0 aliphatic heterocycles. The molecule has 0 aliphatic rings. The standard InChI is InChI=1S/C14H10S6/c15-5-1-2-6(16)10-9(5)13(19)11-7(17)3-4-8(18)12(11)14(10)20/h1-4,15-20H. The molecule has 0 bridgehead atoms. The van der Waals surface area contributed by atoms with E-state index in [1.165, 1.54) is 0 Å². The van der Waals surface area contributed by atoms with Crippen molar-refractivity contribution in [1.29, 1.82) is 0 Å². The fourth-order valence-corrected chi connectivity index (χ4v) is 4.84. The monoisotopic (exact) mass is 370 g/mol. The Hall–Kier alpha value is 0.280. The van der Waals surface area contributed by atoms with E-state index < -0.39 is 0 Å². The second kappa shape index (κ2) is 5.48. The number of hydrogen-bond acceptors (Lipinski definition) is 6. The second-order valence-corrected chi connectivity index (χ2v) is 7.23. The highest BCUT2D eigenvalue weighted by molar-refractivity contribution is 7.83. The molecule has 3 rings (SSSR count). The summed E-state index contributed by atoms with van der Waals surface area (Å²) in [5, 5.41) is 3.76. The minimum absolute atomic E-state index is 0.828. The third-order valence-electron chi connectivity index (χ3n) is 3.27. The molecule has 0 saturated carbocycles. The molecule has 20 heavy (non-hydrogen) atoms. The maximum atomic E-state index is 4.70. The van der Waals surface area contributed by atoms with Crippen LogP contribution in [-0.4, -0.2) is 0 Å². The van der Waals surface area contributed by atoms with E-state index in [0.717, 1.165) is 50.9 Å². The number of thiol groups is 6. The van der Waals surface area contributed by atoms with Crippen molar-refractivity contribution in [2.75, 3.05) is 0 Å². The van der Waals surface area contributed by atoms with Crippen LogP contribution in [-0.2, 0) is 0 Å². The van der Waals surface area contributed by atoms with Gasteiger partial charge in [0.15, 0.2) is 0 Å². The quantitative estimate of drug-likeness (QED) is 0.211. The summed E-state index contributed by atoms with van der Waals surface area (Å²) in [4.78, 5) is 5.04. The van der Waals surface area contributed by atoms with E-state index in [0.29, 0.717) is 0 Å². The number of hydrogen-bond donors (Lipinski definition) is 6. The lowest BCUT2D eigenvalue weighted by Gasteiger charge is -2.16. The topological polar surface area (TPSA) is 0 Å². The SMILES string of the molecule is Sc1ccc(S)c2c(S)c3c(S)ccc(S)c3c(S)c12. The molecule has 0 fully saturated rings. The van der Waals surface area contributed by atoms with Crippen molar-refractivity contribution in [3.05, 3.63) is 24.3 Å². The third-order valence-corrected chi connectivity index (χ3v) is 5.66. The summed E-state index contributed by atoms with van der Waals surface area (Å²) in [5.41, 5.74) is 0. The molecule has 3 aromatic rings. The summed E-state index contributed by atoms with van der Waals surface area (Å²) in [5.74, 6) is 0. The Morgan fingerprint density at radius 2 is 0.600 bits per heavy atom. The zero-order valence-corrected chi connectivity index (χ0v) is 15.4. The lowest BCUT2D eigenvalue weighted by atomic mass is 10.0. The molecule has 102 valence electrons. The van der Waals surface area contributed by atoms with E-state index in [-0.39, 0.29) is 0 Å². The van der Waals surface area contributed by atoms with E-state index in [2.05, 4.69) is 50.5 Å². The zero-order valence-electron chi connectivity index (χ0n) is 9.99. The minimum Gasteiger partial charge on any atom is -0.143 e. The zero-order chi connectivity index (χ0) is 14.6. The summed E-state index contributed by atoms with van der Waals surface area (Å²) in [6, 6.07) is 7.65. The Bertz CT molecular complexity index is 728. The van der Waals surface area contributed by atoms with Gasteiger partial charge in [-0.2, -0.15) is 0 Å². The van der Waals surface area contributed by atoms with Gasteiger partial charge in [0.05, 0.1) is 0 Å². The van der Waals surface area contributed by atoms with Crippen molar-refractivity contribution in [2.24, 2.45) is 0 Å². The number of fused-ring (bicyclic) bond motifs is 2. The van der Waals surface area contributed by atoms with Gasteiger partial charge in [-0.25, -0.2) is 0 Å². The lowest BCUT2D eigenvalue weighted by Crippen LogP contribution is -1.89. The molecule has 0 aromatic heterocycles. The first kappa shape index (κ1) is 15.2. The van der Waals surface area contributed by atoms with Gasteiger partial charge in [0.1, 0.15) is 0 Å². The summed E-state index contributed by atoms with van der Waals surface area (Å²) < 4.78 is 0. The highest BCUT2D eigenvalue weighted by atomic mass is 32.1. The predicted molar refractivity (Wildman–Crippen MR) is 105 cm³/mol. The average molecular weight is 371 g/mol. The Balaban J connectivity index is 2.77. The van der Waals surface area contributed by atoms with Crippen LogP contribution in [0.1, 0.15) is 0 Å². The average Bonchev–Trinajstić information content (AvgIpc) is 2.41. The summed E-state index contributed by atoms with van der Waals surface area (Å²) in [7, 11) is 0. The first-order chi connectivity index (χ1) is 9.43. The van der Waals surface area contributed by atoms with E-state index in [4.69, 9.17) is 25.3 Å². The van der Waals surface area contributed by atoms with Crippen LogP contribution >= 0.6 is 75.8 Å². The van der Waals surface area contributed by atoms with Crippen LogP contribution in [0.2, 0.25) is 0 Å². The molecule has 0 aliphatic carbocycles. The molecule has 0 saturated heterocycles. The maximum Gasteiger partial charge on any atom is 0.0221 e. The molecule has 0 amide bonds. The normalized spacial score (nSPS) is 11.5. The largest absolute Gasteiger partial charge is 0.143 e. The molecule has 0 atom stereocenters. The van der Waals surface area contributed by atoms with Crippen LogP contribution in [0.15, 0.2) is 53.6 Å². The molecule has 0 heterocycles. The molecule has 6 heteroatoms. The number of benzene rings is 3. The summed E-state index contributed by atoms with van der Waals surface area (Å²) in [6.07, 6.45) is 0. The predicted octanol–water partition coefficient (Wildman–Crippen LogP) is 5.73. The lowest BCUT2D eigenvalue weighted by molar-refractivity contribution is 1.33. The molecule has 0 N–H and O–H groups in total. The van der Waals surface area contributed by atoms with Crippen molar-refractivity contribution in [3.63, 3.8) is 0 Å². The van der Waals surface area contributed by atoms with Crippen LogP contribution in [0.4, 0.5) is 0 Å². The fraction of sp³-hybridized carbons (Fsp3) is 0. The Labute approximate surface area is 150 Å². The van der Waals surface area contributed by atoms with Crippen LogP contribution < -0.4 is 0 Å². The van der Waals surface area contributed by atoms with E-state index in [1.54, 1.807) is 0 Å². The van der Waals surface area contributed by atoms with E-state index >= 15 is 0 Å². The first-order valence-corrected chi connectivity index (χ1v) is 8.35. The summed E-state index contributed by atoms with van der Waals surface area (Å²) >= 11 is 27.6. The van der Waals surface area contributed by atoms with Gasteiger partial charge in [-0.05, 0) is 24.3 Å². The molecular weight excluding hydrogens is 361 g/mol. The van der Waals surface area contributed by atoms with Gasteiger partial charge in [0.25, 0.3) is 0 Å². The van der Waals surface area contributed by atoms with Crippen LogP contribution in [0.5, 0.6) is 0 Å². The van der Waals surface area contributed by atoms with Crippen molar-refractivity contribution in [3.8, 4) is 0 Å². The molecule has 3 aromatic carbocycles. The van der Waals surface area contributed by atoms with Gasteiger partial charge in [-0.1, -0.05) is 0 Å². The molecule has 0 spiro atoms. The molecule has 0 nitrogen and oxygen atoms in total. The van der Waals surface area contributed by atoms with Crippen molar-refractivity contribution in [1.82, 2.24) is 0 Å². The van der Waals surface area contributed by atoms with Crippen molar-refractivity contribution >= 4 is 97.3 Å². The summed E-state index contributed by atoms with van der Waals surface area (Å²) in [6.45, 7) is 0. The van der Waals surface area contributed by atoms with Gasteiger partial charge in [-0.3, -0.25) is 0 Å². The minimum atomic E-state index is 0.828. The highest BCUT2D eigenvalue weighted by Crippen LogP contribution is 2.45. The Kier molecular flexibility index (Phi) is 4.16. The maximum absolute atomic E-state index is 4.70. The van der Waals surface area contributed by atoms with E-state index in [9.17, 15) is 0 Å². The second-order valence-electron chi connectivity index (χ2n) is 4.40. The molecule has 0 radical (unpaired) electrons. The van der Waals surface area contributed by atoms with Crippen LogP contribution in [0.3, 0.4) is 0 Å². The van der Waals surface area contributed by atoms with Gasteiger partial charge in [0, 0.05) is 50.9 Å². The first-order valence-electron chi connectivity index (χ1n) is 5.66. The Morgan fingerprint density at radius 1 is 0.400 bits per heavy atom. The van der Waals surface area contributed by atoms with Gasteiger partial charge >= 0.3 is 0 Å². The van der Waals surface area contributed by atoms with Crippen LogP contribution in [0, 0.1) is 0 Å². The third kappa shape index (κ3) is 2.16. The smallest absolute Gasteiger partial charge is 0.0221 e. The van der Waals surface area contributed by atoms with Crippen molar-refractivity contribution < 1.29 is 0 Å². The van der Waals surface area contributed by atoms with Gasteiger partial charge in [0.2, 0.25) is 0 Å². The van der Waals surface area contributed by atoms with E-state index in [1.807, 2.05) is 24.3 Å².